The zero-order valence-electron chi connectivity index (χ0n) is 15.5. The van der Waals surface area contributed by atoms with Gasteiger partial charge in [0.2, 0.25) is 5.91 Å². The minimum Gasteiger partial charge on any atom is -0.481 e. The third kappa shape index (κ3) is 2.82. The van der Waals surface area contributed by atoms with Crippen molar-refractivity contribution in [3.8, 4) is 0 Å². The Morgan fingerprint density at radius 2 is 2.08 bits per heavy atom. The van der Waals surface area contributed by atoms with Crippen molar-refractivity contribution in [2.75, 3.05) is 0 Å². The number of carboxylic acid groups (broad SMARTS) is 1. The van der Waals surface area contributed by atoms with E-state index in [1.165, 1.54) is 0 Å². The van der Waals surface area contributed by atoms with Crippen LogP contribution in [-0.4, -0.2) is 26.8 Å². The van der Waals surface area contributed by atoms with Gasteiger partial charge < -0.3 is 10.4 Å². The smallest absolute Gasteiger partial charge is 0.309 e. The number of nitrogens with zero attached hydrogens (tertiary/aromatic N) is 2. The van der Waals surface area contributed by atoms with Gasteiger partial charge in [0.05, 0.1) is 17.2 Å². The maximum Gasteiger partial charge on any atom is 0.309 e. The van der Waals surface area contributed by atoms with Crippen molar-refractivity contribution in [3.63, 3.8) is 0 Å². The van der Waals surface area contributed by atoms with E-state index in [-0.39, 0.29) is 17.9 Å². The number of rotatable bonds is 5. The summed E-state index contributed by atoms with van der Waals surface area (Å²) in [5.74, 6) is -1.19. The van der Waals surface area contributed by atoms with E-state index in [0.29, 0.717) is 12.8 Å². The molecule has 1 aromatic heterocycles. The minimum absolute atomic E-state index is 0.0684. The van der Waals surface area contributed by atoms with Crippen LogP contribution in [0.4, 0.5) is 0 Å². The Labute approximate surface area is 143 Å². The number of aromatic nitrogens is 2. The lowest BCUT2D eigenvalue weighted by Gasteiger charge is -2.38. The van der Waals surface area contributed by atoms with Gasteiger partial charge in [-0.1, -0.05) is 13.8 Å². The molecule has 0 aromatic carbocycles. The molecular formula is C18H29N3O3. The Balaban J connectivity index is 2.15. The summed E-state index contributed by atoms with van der Waals surface area (Å²) in [4.78, 5) is 24.5. The second-order valence-corrected chi connectivity index (χ2v) is 7.71. The highest BCUT2D eigenvalue weighted by molar-refractivity contribution is 5.84. The van der Waals surface area contributed by atoms with Crippen LogP contribution in [0.25, 0.3) is 0 Å². The number of carbonyl (C=O) groups excluding carboxylic acids is 1. The fraction of sp³-hybridized carbons (Fsp3) is 0.722. The molecule has 3 atom stereocenters. The zero-order chi connectivity index (χ0) is 18.3. The topological polar surface area (TPSA) is 84.2 Å². The highest BCUT2D eigenvalue weighted by Crippen LogP contribution is 2.56. The van der Waals surface area contributed by atoms with E-state index in [9.17, 15) is 14.7 Å². The van der Waals surface area contributed by atoms with Crippen LogP contribution >= 0.6 is 0 Å². The maximum atomic E-state index is 12.8. The van der Waals surface area contributed by atoms with Crippen LogP contribution in [0.15, 0.2) is 6.20 Å². The molecule has 0 spiro atoms. The van der Waals surface area contributed by atoms with Crippen molar-refractivity contribution in [2.24, 2.45) is 16.7 Å². The second-order valence-electron chi connectivity index (χ2n) is 7.71. The molecule has 6 heteroatoms. The van der Waals surface area contributed by atoms with Gasteiger partial charge in [0.15, 0.2) is 0 Å². The summed E-state index contributed by atoms with van der Waals surface area (Å²) in [7, 11) is 0. The van der Waals surface area contributed by atoms with Crippen molar-refractivity contribution >= 4 is 11.9 Å². The van der Waals surface area contributed by atoms with E-state index < -0.39 is 16.8 Å². The van der Waals surface area contributed by atoms with Crippen LogP contribution < -0.4 is 5.32 Å². The van der Waals surface area contributed by atoms with Gasteiger partial charge in [-0.15, -0.1) is 0 Å². The summed E-state index contributed by atoms with van der Waals surface area (Å²) in [6.45, 7) is 12.2. The first-order valence-corrected chi connectivity index (χ1v) is 8.62. The summed E-state index contributed by atoms with van der Waals surface area (Å²) in [5, 5.41) is 17.1. The number of nitrogens with one attached hydrogen (secondary N) is 1. The van der Waals surface area contributed by atoms with Crippen LogP contribution in [-0.2, 0) is 16.1 Å². The highest BCUT2D eigenvalue weighted by Gasteiger charge is 2.58. The average molecular weight is 335 g/mol. The molecule has 24 heavy (non-hydrogen) atoms. The van der Waals surface area contributed by atoms with E-state index >= 15 is 0 Å². The van der Waals surface area contributed by atoms with E-state index in [2.05, 4.69) is 10.4 Å². The minimum atomic E-state index is -0.874. The molecule has 0 bridgehead atoms. The normalized spacial score (nSPS) is 27.0. The molecule has 0 saturated heterocycles. The third-order valence-electron chi connectivity index (χ3n) is 6.15. The molecule has 134 valence electrons. The molecule has 0 radical (unpaired) electrons. The van der Waals surface area contributed by atoms with E-state index in [1.54, 1.807) is 6.92 Å². The van der Waals surface area contributed by atoms with Crippen molar-refractivity contribution in [3.05, 3.63) is 17.5 Å². The Morgan fingerprint density at radius 1 is 1.46 bits per heavy atom. The van der Waals surface area contributed by atoms with Crippen LogP contribution in [0.5, 0.6) is 0 Å². The van der Waals surface area contributed by atoms with Crippen LogP contribution in [0.3, 0.4) is 0 Å². The Bertz CT molecular complexity index is 650. The quantitative estimate of drug-likeness (QED) is 0.866. The Morgan fingerprint density at radius 3 is 2.54 bits per heavy atom. The van der Waals surface area contributed by atoms with Gasteiger partial charge in [-0.25, -0.2) is 0 Å². The van der Waals surface area contributed by atoms with Crippen molar-refractivity contribution in [1.82, 2.24) is 15.1 Å². The summed E-state index contributed by atoms with van der Waals surface area (Å²) < 4.78 is 1.86. The van der Waals surface area contributed by atoms with Crippen molar-refractivity contribution in [1.29, 1.82) is 0 Å². The number of carboxylic acids is 1. The maximum absolute atomic E-state index is 12.8. The van der Waals surface area contributed by atoms with E-state index in [0.717, 1.165) is 17.8 Å². The standard InChI is InChI=1S/C18H29N3O3/c1-7-21-10-13(12(3)20-21)11(2)19-15(22)14-8-9-18(6,16(23)24)17(14,4)5/h10-11,14H,7-9H2,1-6H3,(H,19,22)(H,23,24)/t11-,14+,18+/m1/s1. The number of hydrogen-bond donors (Lipinski definition) is 2. The predicted molar refractivity (Wildman–Crippen MR) is 91.4 cm³/mol. The zero-order valence-corrected chi connectivity index (χ0v) is 15.5. The molecule has 0 unspecified atom stereocenters. The monoisotopic (exact) mass is 335 g/mol. The summed E-state index contributed by atoms with van der Waals surface area (Å²) in [5.41, 5.74) is 0.444. The number of hydrogen-bond acceptors (Lipinski definition) is 3. The average Bonchev–Trinajstić information content (AvgIpc) is 2.98. The van der Waals surface area contributed by atoms with Gasteiger partial charge in [0, 0.05) is 24.2 Å². The van der Waals surface area contributed by atoms with Gasteiger partial charge in [-0.05, 0) is 46.0 Å². The molecule has 2 rings (SSSR count). The second kappa shape index (κ2) is 6.22. The number of aliphatic carboxylic acids is 1. The van der Waals surface area contributed by atoms with Crippen molar-refractivity contribution < 1.29 is 14.7 Å². The lowest BCUT2D eigenvalue weighted by atomic mass is 9.65. The summed E-state index contributed by atoms with van der Waals surface area (Å²) in [6, 6.07) is -0.148. The van der Waals surface area contributed by atoms with Gasteiger partial charge in [-0.3, -0.25) is 14.3 Å². The molecule has 1 amide bonds. The lowest BCUT2D eigenvalue weighted by molar-refractivity contribution is -0.155. The first-order chi connectivity index (χ1) is 11.0. The highest BCUT2D eigenvalue weighted by atomic mass is 16.4. The van der Waals surface area contributed by atoms with Crippen LogP contribution in [0.1, 0.15) is 64.8 Å². The van der Waals surface area contributed by atoms with E-state index in [4.69, 9.17) is 0 Å². The van der Waals surface area contributed by atoms with E-state index in [1.807, 2.05) is 45.5 Å². The largest absolute Gasteiger partial charge is 0.481 e. The molecule has 1 saturated carbocycles. The molecule has 1 fully saturated rings. The van der Waals surface area contributed by atoms with Gasteiger partial charge in [-0.2, -0.15) is 5.10 Å². The van der Waals surface area contributed by atoms with Crippen LogP contribution in [0, 0.1) is 23.7 Å². The first-order valence-electron chi connectivity index (χ1n) is 8.62. The summed E-state index contributed by atoms with van der Waals surface area (Å²) in [6.07, 6.45) is 3.08. The number of aryl methyl sites for hydroxylation is 2. The number of carbonyl (C=O) groups is 2. The Hall–Kier alpha value is -1.85. The molecule has 2 N–H and O–H groups in total. The Kier molecular flexibility index (Phi) is 4.79. The third-order valence-corrected chi connectivity index (χ3v) is 6.15. The predicted octanol–water partition coefficient (Wildman–Crippen LogP) is 2.92. The number of amides is 1. The SMILES string of the molecule is CCn1cc([C@@H](C)NC(=O)[C@@H]2CC[C@@](C)(C(=O)O)C2(C)C)c(C)n1. The molecule has 6 nitrogen and oxygen atoms in total. The fourth-order valence-corrected chi connectivity index (χ4v) is 3.85. The fourth-order valence-electron chi connectivity index (χ4n) is 3.85. The van der Waals surface area contributed by atoms with Crippen molar-refractivity contribution in [2.45, 2.75) is 67.0 Å². The van der Waals surface area contributed by atoms with Crippen LogP contribution in [0.2, 0.25) is 0 Å². The van der Waals surface area contributed by atoms with Gasteiger partial charge in [0.25, 0.3) is 0 Å². The van der Waals surface area contributed by atoms with Gasteiger partial charge >= 0.3 is 5.97 Å². The molecule has 0 aliphatic heterocycles. The molecular weight excluding hydrogens is 306 g/mol. The molecule has 1 aliphatic rings. The first kappa shape index (κ1) is 18.5. The molecule has 1 aromatic rings. The van der Waals surface area contributed by atoms with Gasteiger partial charge in [0.1, 0.15) is 0 Å². The summed E-state index contributed by atoms with van der Waals surface area (Å²) >= 11 is 0. The molecule has 1 heterocycles. The molecule has 1 aliphatic carbocycles. The lowest BCUT2D eigenvalue weighted by Crippen LogP contribution is -2.45.